The molecular weight excluding hydrogens is 260 g/mol. The number of methoxy groups -OCH3 is 1. The van der Waals surface area contributed by atoms with Crippen LogP contribution in [0, 0.1) is 19.8 Å². The second kappa shape index (κ2) is 6.15. The summed E-state index contributed by atoms with van der Waals surface area (Å²) in [5.41, 5.74) is 3.48. The Hall–Kier alpha value is -0.730. The van der Waals surface area contributed by atoms with Crippen molar-refractivity contribution in [2.75, 3.05) is 13.7 Å². The van der Waals surface area contributed by atoms with Gasteiger partial charge in [-0.1, -0.05) is 19.1 Å². The molecule has 0 saturated carbocycles. The van der Waals surface area contributed by atoms with Gasteiger partial charge in [0.25, 0.3) is 0 Å². The molecule has 2 rings (SSSR count). The van der Waals surface area contributed by atoms with Crippen molar-refractivity contribution in [1.29, 1.82) is 0 Å². The summed E-state index contributed by atoms with van der Waals surface area (Å²) < 4.78 is 11.2. The van der Waals surface area contributed by atoms with Gasteiger partial charge in [0.15, 0.2) is 0 Å². The lowest BCUT2D eigenvalue weighted by molar-refractivity contribution is 0.0864. The lowest BCUT2D eigenvalue weighted by Crippen LogP contribution is -2.19. The molecule has 1 heterocycles. The van der Waals surface area contributed by atoms with E-state index in [-0.39, 0.29) is 5.38 Å². The van der Waals surface area contributed by atoms with E-state index < -0.39 is 0 Å². The van der Waals surface area contributed by atoms with Gasteiger partial charge in [0.05, 0.1) is 18.6 Å². The lowest BCUT2D eigenvalue weighted by Gasteiger charge is -2.23. The number of benzene rings is 1. The smallest absolute Gasteiger partial charge is 0.124 e. The third-order valence-corrected chi connectivity index (χ3v) is 4.62. The summed E-state index contributed by atoms with van der Waals surface area (Å²) in [6, 6.07) is 4.29. The van der Waals surface area contributed by atoms with Crippen LogP contribution in [0.25, 0.3) is 0 Å². The predicted molar refractivity (Wildman–Crippen MR) is 79.2 cm³/mol. The quantitative estimate of drug-likeness (QED) is 0.762. The molecule has 0 aliphatic carbocycles. The Morgan fingerprint density at radius 3 is 2.53 bits per heavy atom. The molecule has 1 fully saturated rings. The first-order chi connectivity index (χ1) is 9.08. The Bertz CT molecular complexity index is 421. The molecule has 3 unspecified atom stereocenters. The van der Waals surface area contributed by atoms with Gasteiger partial charge >= 0.3 is 0 Å². The summed E-state index contributed by atoms with van der Waals surface area (Å²) in [6.45, 7) is 7.14. The van der Waals surface area contributed by atoms with Crippen LogP contribution in [0.15, 0.2) is 12.1 Å². The van der Waals surface area contributed by atoms with Crippen LogP contribution < -0.4 is 4.74 Å². The van der Waals surface area contributed by atoms with Crippen molar-refractivity contribution in [3.63, 3.8) is 0 Å². The van der Waals surface area contributed by atoms with Crippen LogP contribution in [-0.4, -0.2) is 19.8 Å². The summed E-state index contributed by atoms with van der Waals surface area (Å²) in [7, 11) is 1.71. The fourth-order valence-electron chi connectivity index (χ4n) is 3.13. The number of hydrogen-bond donors (Lipinski definition) is 0. The van der Waals surface area contributed by atoms with Crippen molar-refractivity contribution in [2.24, 2.45) is 5.92 Å². The Kier molecular flexibility index (Phi) is 4.75. The van der Waals surface area contributed by atoms with Crippen molar-refractivity contribution >= 4 is 11.6 Å². The zero-order valence-corrected chi connectivity index (χ0v) is 13.0. The molecule has 0 bridgehead atoms. The van der Waals surface area contributed by atoms with Crippen LogP contribution in [0.2, 0.25) is 0 Å². The van der Waals surface area contributed by atoms with E-state index in [0.717, 1.165) is 36.3 Å². The molecule has 0 N–H and O–H groups in total. The Labute approximate surface area is 121 Å². The fourth-order valence-corrected chi connectivity index (χ4v) is 3.55. The predicted octanol–water partition coefficient (Wildman–Crippen LogP) is 4.41. The van der Waals surface area contributed by atoms with E-state index in [1.807, 2.05) is 0 Å². The summed E-state index contributed by atoms with van der Waals surface area (Å²) in [6.07, 6.45) is 2.38. The lowest BCUT2D eigenvalue weighted by atomic mass is 9.90. The molecule has 3 heteroatoms. The summed E-state index contributed by atoms with van der Waals surface area (Å²) in [5.74, 6) is 1.38. The molecule has 1 aliphatic heterocycles. The minimum atomic E-state index is 0.0238. The van der Waals surface area contributed by atoms with Crippen LogP contribution >= 0.6 is 11.6 Å². The molecule has 1 saturated heterocycles. The summed E-state index contributed by atoms with van der Waals surface area (Å²) >= 11 is 6.70. The third-order valence-electron chi connectivity index (χ3n) is 4.04. The maximum atomic E-state index is 6.70. The zero-order chi connectivity index (χ0) is 14.0. The highest BCUT2D eigenvalue weighted by Gasteiger charge is 2.33. The molecule has 19 heavy (non-hydrogen) atoms. The van der Waals surface area contributed by atoms with Crippen LogP contribution in [0.1, 0.15) is 41.8 Å². The minimum Gasteiger partial charge on any atom is -0.496 e. The van der Waals surface area contributed by atoms with Crippen LogP contribution in [-0.2, 0) is 4.74 Å². The van der Waals surface area contributed by atoms with Gasteiger partial charge in [0.1, 0.15) is 5.75 Å². The SMILES string of the molecule is CCC1OCCC1C(Cl)c1cc(C)c(OC)c(C)c1. The Morgan fingerprint density at radius 1 is 1.37 bits per heavy atom. The second-order valence-electron chi connectivity index (χ2n) is 5.36. The standard InChI is InChI=1S/C16H23ClO2/c1-5-14-13(6-7-19-14)15(17)12-8-10(2)16(18-4)11(3)9-12/h8-9,13-15H,5-7H2,1-4H3. The van der Waals surface area contributed by atoms with Crippen molar-refractivity contribution in [3.8, 4) is 5.75 Å². The van der Waals surface area contributed by atoms with E-state index in [9.17, 15) is 0 Å². The average Bonchev–Trinajstić information content (AvgIpc) is 2.85. The van der Waals surface area contributed by atoms with Gasteiger partial charge in [-0.2, -0.15) is 0 Å². The molecular formula is C16H23ClO2. The molecule has 0 spiro atoms. The number of alkyl halides is 1. The van der Waals surface area contributed by atoms with Crippen molar-refractivity contribution < 1.29 is 9.47 Å². The Balaban J connectivity index is 2.26. The molecule has 106 valence electrons. The first kappa shape index (κ1) is 14.7. The van der Waals surface area contributed by atoms with Crippen molar-refractivity contribution in [2.45, 2.75) is 45.1 Å². The molecule has 1 aromatic carbocycles. The van der Waals surface area contributed by atoms with E-state index in [2.05, 4.69) is 32.9 Å². The first-order valence-corrected chi connectivity index (χ1v) is 7.43. The monoisotopic (exact) mass is 282 g/mol. The fraction of sp³-hybridized carbons (Fsp3) is 0.625. The summed E-state index contributed by atoms with van der Waals surface area (Å²) in [4.78, 5) is 0. The van der Waals surface area contributed by atoms with Gasteiger partial charge in [0, 0.05) is 12.5 Å². The van der Waals surface area contributed by atoms with Gasteiger partial charge in [-0.3, -0.25) is 0 Å². The maximum Gasteiger partial charge on any atom is 0.124 e. The van der Waals surface area contributed by atoms with Crippen LogP contribution in [0.5, 0.6) is 5.75 Å². The normalized spacial score (nSPS) is 24.5. The largest absolute Gasteiger partial charge is 0.496 e. The first-order valence-electron chi connectivity index (χ1n) is 6.99. The van der Waals surface area contributed by atoms with Gasteiger partial charge < -0.3 is 9.47 Å². The van der Waals surface area contributed by atoms with E-state index in [4.69, 9.17) is 21.1 Å². The number of rotatable bonds is 4. The van der Waals surface area contributed by atoms with Crippen LogP contribution in [0.4, 0.5) is 0 Å². The molecule has 1 aliphatic rings. The van der Waals surface area contributed by atoms with E-state index in [0.29, 0.717) is 12.0 Å². The minimum absolute atomic E-state index is 0.0238. The molecule has 1 aromatic rings. The third kappa shape index (κ3) is 2.90. The van der Waals surface area contributed by atoms with Gasteiger partial charge in [0.2, 0.25) is 0 Å². The Morgan fingerprint density at radius 2 is 2.00 bits per heavy atom. The van der Waals surface area contributed by atoms with E-state index in [1.54, 1.807) is 7.11 Å². The second-order valence-corrected chi connectivity index (χ2v) is 5.83. The van der Waals surface area contributed by atoms with E-state index in [1.165, 1.54) is 5.56 Å². The highest BCUT2D eigenvalue weighted by Crippen LogP contribution is 2.40. The average molecular weight is 283 g/mol. The molecule has 0 amide bonds. The molecule has 3 atom stereocenters. The summed E-state index contributed by atoms with van der Waals surface area (Å²) in [5, 5.41) is 0.0238. The number of halogens is 1. The maximum absolute atomic E-state index is 6.70. The van der Waals surface area contributed by atoms with Crippen molar-refractivity contribution in [1.82, 2.24) is 0 Å². The number of hydrogen-bond acceptors (Lipinski definition) is 2. The number of ether oxygens (including phenoxy) is 2. The molecule has 0 radical (unpaired) electrons. The van der Waals surface area contributed by atoms with Crippen molar-refractivity contribution in [3.05, 3.63) is 28.8 Å². The molecule has 0 aromatic heterocycles. The number of aryl methyl sites for hydroxylation is 2. The van der Waals surface area contributed by atoms with Crippen LogP contribution in [0.3, 0.4) is 0 Å². The molecule has 2 nitrogen and oxygen atoms in total. The van der Waals surface area contributed by atoms with Gasteiger partial charge in [-0.05, 0) is 43.4 Å². The van der Waals surface area contributed by atoms with Gasteiger partial charge in [-0.25, -0.2) is 0 Å². The topological polar surface area (TPSA) is 18.5 Å². The van der Waals surface area contributed by atoms with E-state index >= 15 is 0 Å². The highest BCUT2D eigenvalue weighted by molar-refractivity contribution is 6.21. The zero-order valence-electron chi connectivity index (χ0n) is 12.2. The van der Waals surface area contributed by atoms with Gasteiger partial charge in [-0.15, -0.1) is 11.6 Å². The highest BCUT2D eigenvalue weighted by atomic mass is 35.5.